The summed E-state index contributed by atoms with van der Waals surface area (Å²) in [4.78, 5) is 20.8. The molecule has 0 amide bonds. The summed E-state index contributed by atoms with van der Waals surface area (Å²) < 4.78 is 0. The average molecular weight is 639 g/mol. The number of benzene rings is 6. The number of para-hydroxylation sites is 1. The minimum Gasteiger partial charge on any atom is -0.254 e. The van der Waals surface area contributed by atoms with E-state index in [1.165, 1.54) is 5.39 Å². The van der Waals surface area contributed by atoms with E-state index in [-0.39, 0.29) is 0 Å². The van der Waals surface area contributed by atoms with Gasteiger partial charge in [0.1, 0.15) is 0 Å². The van der Waals surface area contributed by atoms with E-state index >= 15 is 0 Å². The van der Waals surface area contributed by atoms with Gasteiger partial charge in [-0.05, 0) is 29.1 Å². The highest BCUT2D eigenvalue weighted by Crippen LogP contribution is 2.38. The monoisotopic (exact) mass is 638 g/mol. The Morgan fingerprint density at radius 2 is 0.760 bits per heavy atom. The van der Waals surface area contributed by atoms with Crippen LogP contribution in [0.5, 0.6) is 0 Å². The summed E-state index contributed by atoms with van der Waals surface area (Å²) in [5, 5.41) is 3.41. The van der Waals surface area contributed by atoms with Crippen molar-refractivity contribution in [3.05, 3.63) is 182 Å². The summed E-state index contributed by atoms with van der Waals surface area (Å²) in [6, 6.07) is 60.4. The molecule has 0 saturated heterocycles. The lowest BCUT2D eigenvalue weighted by molar-refractivity contribution is 1.21. The van der Waals surface area contributed by atoms with Crippen LogP contribution in [0.1, 0.15) is 0 Å². The van der Waals surface area contributed by atoms with Crippen LogP contribution in [0.2, 0.25) is 0 Å². The Hall–Kier alpha value is -6.78. The topological polar surface area (TPSA) is 51.6 Å². The zero-order chi connectivity index (χ0) is 33.3. The van der Waals surface area contributed by atoms with Crippen LogP contribution in [0, 0.1) is 0 Å². The molecule has 0 fully saturated rings. The third kappa shape index (κ3) is 5.39. The molecule has 0 unspecified atom stereocenters. The Morgan fingerprint density at radius 1 is 0.280 bits per heavy atom. The molecule has 0 spiro atoms. The minimum atomic E-state index is 0.827. The second kappa shape index (κ2) is 12.7. The molecule has 9 rings (SSSR count). The molecule has 0 aliphatic heterocycles. The van der Waals surface area contributed by atoms with Crippen LogP contribution in [0.4, 0.5) is 0 Å². The predicted molar refractivity (Wildman–Crippen MR) is 205 cm³/mol. The number of hydrogen-bond donors (Lipinski definition) is 0. The molecule has 4 nitrogen and oxygen atoms in total. The van der Waals surface area contributed by atoms with Gasteiger partial charge in [-0.2, -0.15) is 0 Å². The lowest BCUT2D eigenvalue weighted by Crippen LogP contribution is -2.01. The molecule has 0 bridgehead atoms. The molecular weight excluding hydrogens is 609 g/mol. The highest BCUT2D eigenvalue weighted by Gasteiger charge is 2.20. The number of nitrogens with zero attached hydrogens (tertiary/aromatic N) is 4. The van der Waals surface area contributed by atoms with Gasteiger partial charge < -0.3 is 0 Å². The predicted octanol–water partition coefficient (Wildman–Crippen LogP) is 11.6. The van der Waals surface area contributed by atoms with Gasteiger partial charge in [0.2, 0.25) is 0 Å². The van der Waals surface area contributed by atoms with Gasteiger partial charge in [0.25, 0.3) is 0 Å². The molecule has 9 aromatic rings. The lowest BCUT2D eigenvalue weighted by Gasteiger charge is -2.16. The molecule has 4 heteroatoms. The Labute approximate surface area is 290 Å². The van der Waals surface area contributed by atoms with Gasteiger partial charge in [0.15, 0.2) is 0 Å². The highest BCUT2D eigenvalue weighted by molar-refractivity contribution is 6.10. The van der Waals surface area contributed by atoms with Crippen molar-refractivity contribution in [1.29, 1.82) is 0 Å². The minimum absolute atomic E-state index is 0.827. The molecule has 0 radical (unpaired) electrons. The number of pyridine rings is 2. The molecular formula is C46H30N4. The van der Waals surface area contributed by atoms with Crippen LogP contribution >= 0.6 is 0 Å². The van der Waals surface area contributed by atoms with Gasteiger partial charge >= 0.3 is 0 Å². The van der Waals surface area contributed by atoms with E-state index in [1.807, 2.05) is 66.9 Å². The van der Waals surface area contributed by atoms with Crippen molar-refractivity contribution >= 4 is 21.7 Å². The summed E-state index contributed by atoms with van der Waals surface area (Å²) >= 11 is 0. The maximum atomic E-state index is 5.42. The molecule has 0 atom stereocenters. The average Bonchev–Trinajstić information content (AvgIpc) is 3.21. The van der Waals surface area contributed by atoms with Gasteiger partial charge in [-0.1, -0.05) is 158 Å². The first-order chi connectivity index (χ1) is 24.8. The molecule has 3 aromatic heterocycles. The van der Waals surface area contributed by atoms with Crippen molar-refractivity contribution in [2.45, 2.75) is 0 Å². The number of rotatable bonds is 6. The van der Waals surface area contributed by atoms with Crippen molar-refractivity contribution in [2.24, 2.45) is 0 Å². The zero-order valence-electron chi connectivity index (χ0n) is 27.1. The van der Waals surface area contributed by atoms with Crippen LogP contribution in [0.3, 0.4) is 0 Å². The number of hydrogen-bond acceptors (Lipinski definition) is 4. The molecule has 50 heavy (non-hydrogen) atoms. The van der Waals surface area contributed by atoms with E-state index in [0.29, 0.717) is 0 Å². The molecule has 0 N–H and O–H groups in total. The van der Waals surface area contributed by atoms with Crippen LogP contribution in [0.25, 0.3) is 89.2 Å². The van der Waals surface area contributed by atoms with Crippen LogP contribution < -0.4 is 0 Å². The smallest absolute Gasteiger partial charge is 0.0973 e. The number of fused-ring (bicyclic) bond motifs is 3. The standard InChI is InChI=1S/C46H30N4/c1-4-15-31(16-5-1)42-43(32-17-6-2-7-18-32)50-45(44(49-42)33-19-8-3-9-20-33)35-22-14-21-34(29-35)36-27-28-41(47-30-36)46-39-25-11-10-23-37(39)38-24-12-13-26-40(38)48-46/h1-30H. The first-order valence-electron chi connectivity index (χ1n) is 16.7. The summed E-state index contributed by atoms with van der Waals surface area (Å²) in [5.41, 5.74) is 12.1. The van der Waals surface area contributed by atoms with Crippen molar-refractivity contribution in [3.8, 4) is 67.5 Å². The number of aromatic nitrogens is 4. The Balaban J connectivity index is 1.17. The molecule has 234 valence electrons. The normalized spacial score (nSPS) is 11.2. The second-order valence-corrected chi connectivity index (χ2v) is 12.3. The SMILES string of the molecule is c1ccc(-c2nc(-c3ccccc3)c(-c3cccc(-c4ccc(-c5nc6ccccc6c6ccccc56)nc4)c3)nc2-c2ccccc2)cc1. The van der Waals surface area contributed by atoms with E-state index < -0.39 is 0 Å². The summed E-state index contributed by atoms with van der Waals surface area (Å²) in [6.45, 7) is 0. The quantitative estimate of drug-likeness (QED) is 0.170. The van der Waals surface area contributed by atoms with Gasteiger partial charge in [-0.3, -0.25) is 4.98 Å². The maximum absolute atomic E-state index is 5.42. The molecule has 0 aliphatic rings. The maximum Gasteiger partial charge on any atom is 0.0973 e. The summed E-state index contributed by atoms with van der Waals surface area (Å²) in [7, 11) is 0. The first kappa shape index (κ1) is 29.4. The van der Waals surface area contributed by atoms with Gasteiger partial charge in [0, 0.05) is 44.8 Å². The van der Waals surface area contributed by atoms with Gasteiger partial charge in [0.05, 0.1) is 39.7 Å². The summed E-state index contributed by atoms with van der Waals surface area (Å²) in [6.07, 6.45) is 1.94. The van der Waals surface area contributed by atoms with Crippen LogP contribution in [0.15, 0.2) is 182 Å². The summed E-state index contributed by atoms with van der Waals surface area (Å²) in [5.74, 6) is 0. The van der Waals surface area contributed by atoms with E-state index in [0.717, 1.165) is 83.8 Å². The Bertz CT molecular complexity index is 2620. The van der Waals surface area contributed by atoms with Crippen molar-refractivity contribution in [1.82, 2.24) is 19.9 Å². The molecule has 3 heterocycles. The fourth-order valence-electron chi connectivity index (χ4n) is 6.68. The van der Waals surface area contributed by atoms with Gasteiger partial charge in [-0.25, -0.2) is 15.0 Å². The van der Waals surface area contributed by atoms with Crippen LogP contribution in [-0.2, 0) is 0 Å². The second-order valence-electron chi connectivity index (χ2n) is 12.3. The van der Waals surface area contributed by atoms with Crippen molar-refractivity contribution in [3.63, 3.8) is 0 Å². The third-order valence-electron chi connectivity index (χ3n) is 9.12. The lowest BCUT2D eigenvalue weighted by atomic mass is 9.97. The molecule has 6 aromatic carbocycles. The Kier molecular flexibility index (Phi) is 7.45. The van der Waals surface area contributed by atoms with E-state index in [2.05, 4.69) is 115 Å². The fraction of sp³-hybridized carbons (Fsp3) is 0. The highest BCUT2D eigenvalue weighted by atomic mass is 14.9. The van der Waals surface area contributed by atoms with E-state index in [1.54, 1.807) is 0 Å². The van der Waals surface area contributed by atoms with Crippen molar-refractivity contribution in [2.75, 3.05) is 0 Å². The Morgan fingerprint density at radius 3 is 1.34 bits per heavy atom. The molecule has 0 saturated carbocycles. The fourth-order valence-corrected chi connectivity index (χ4v) is 6.68. The molecule has 0 aliphatic carbocycles. The van der Waals surface area contributed by atoms with E-state index in [4.69, 9.17) is 19.9 Å². The first-order valence-corrected chi connectivity index (χ1v) is 16.7. The largest absolute Gasteiger partial charge is 0.254 e. The van der Waals surface area contributed by atoms with Crippen molar-refractivity contribution < 1.29 is 0 Å². The third-order valence-corrected chi connectivity index (χ3v) is 9.12. The van der Waals surface area contributed by atoms with Gasteiger partial charge in [-0.15, -0.1) is 0 Å². The van der Waals surface area contributed by atoms with E-state index in [9.17, 15) is 0 Å². The van der Waals surface area contributed by atoms with Crippen LogP contribution in [-0.4, -0.2) is 19.9 Å². The zero-order valence-corrected chi connectivity index (χ0v) is 27.1.